The molecule has 2 aromatic carbocycles. The van der Waals surface area contributed by atoms with Gasteiger partial charge in [-0.25, -0.2) is 9.82 Å². The summed E-state index contributed by atoms with van der Waals surface area (Å²) in [5.41, 5.74) is 2.87. The zero-order valence-electron chi connectivity index (χ0n) is 13.6. The summed E-state index contributed by atoms with van der Waals surface area (Å²) < 4.78 is 28.7. The van der Waals surface area contributed by atoms with Crippen molar-refractivity contribution < 1.29 is 23.4 Å². The quantitative estimate of drug-likeness (QED) is 0.604. The number of hydrazone groups is 1. The maximum absolute atomic E-state index is 13.4. The number of amides is 1. The monoisotopic (exact) mass is 366 g/mol. The SMILES string of the molecule is COc1cc(/C=N\NC(=O)COc2ccccc2F)cc(Cl)c1OC. The first-order valence-electron chi connectivity index (χ1n) is 7.16. The highest BCUT2D eigenvalue weighted by atomic mass is 35.5. The topological polar surface area (TPSA) is 69.2 Å². The number of rotatable bonds is 7. The van der Waals surface area contributed by atoms with Gasteiger partial charge in [0.2, 0.25) is 0 Å². The maximum atomic E-state index is 13.4. The van der Waals surface area contributed by atoms with Crippen LogP contribution in [0.1, 0.15) is 5.56 Å². The fraction of sp³-hybridized carbons (Fsp3) is 0.176. The molecule has 0 fully saturated rings. The van der Waals surface area contributed by atoms with Gasteiger partial charge in [-0.1, -0.05) is 23.7 Å². The largest absolute Gasteiger partial charge is 0.493 e. The first-order chi connectivity index (χ1) is 12.0. The van der Waals surface area contributed by atoms with E-state index in [0.717, 1.165) is 0 Å². The fourth-order valence-corrected chi connectivity index (χ4v) is 2.22. The molecular formula is C17H16ClFN2O4. The first kappa shape index (κ1) is 18.5. The van der Waals surface area contributed by atoms with Crippen LogP contribution in [0.5, 0.6) is 17.2 Å². The third kappa shape index (κ3) is 5.09. The number of benzene rings is 2. The van der Waals surface area contributed by atoms with Gasteiger partial charge in [0, 0.05) is 0 Å². The zero-order chi connectivity index (χ0) is 18.2. The number of hydrogen-bond acceptors (Lipinski definition) is 5. The number of carbonyl (C=O) groups is 1. The molecule has 0 spiro atoms. The molecule has 6 nitrogen and oxygen atoms in total. The van der Waals surface area contributed by atoms with E-state index in [0.29, 0.717) is 22.1 Å². The highest BCUT2D eigenvalue weighted by molar-refractivity contribution is 6.32. The Balaban J connectivity index is 1.93. The van der Waals surface area contributed by atoms with Gasteiger partial charge < -0.3 is 14.2 Å². The van der Waals surface area contributed by atoms with E-state index >= 15 is 0 Å². The van der Waals surface area contributed by atoms with Crippen LogP contribution in [-0.4, -0.2) is 32.9 Å². The van der Waals surface area contributed by atoms with E-state index < -0.39 is 11.7 Å². The van der Waals surface area contributed by atoms with Crippen molar-refractivity contribution in [3.8, 4) is 17.2 Å². The number of ether oxygens (including phenoxy) is 3. The van der Waals surface area contributed by atoms with Gasteiger partial charge in [-0.05, 0) is 29.8 Å². The van der Waals surface area contributed by atoms with E-state index in [1.54, 1.807) is 18.2 Å². The van der Waals surface area contributed by atoms with E-state index in [1.165, 1.54) is 38.6 Å². The highest BCUT2D eigenvalue weighted by Crippen LogP contribution is 2.35. The summed E-state index contributed by atoms with van der Waals surface area (Å²) in [6, 6.07) is 9.06. The average Bonchev–Trinajstić information content (AvgIpc) is 2.60. The molecule has 0 aliphatic heterocycles. The number of hydrogen-bond donors (Lipinski definition) is 1. The molecule has 1 amide bonds. The second-order valence-electron chi connectivity index (χ2n) is 4.75. The van der Waals surface area contributed by atoms with Gasteiger partial charge >= 0.3 is 0 Å². The number of halogens is 2. The number of nitrogens with zero attached hydrogens (tertiary/aromatic N) is 1. The van der Waals surface area contributed by atoms with Gasteiger partial charge in [0.05, 0.1) is 25.5 Å². The van der Waals surface area contributed by atoms with Gasteiger partial charge in [-0.3, -0.25) is 4.79 Å². The molecule has 2 rings (SSSR count). The summed E-state index contributed by atoms with van der Waals surface area (Å²) in [7, 11) is 2.96. The van der Waals surface area contributed by atoms with Crippen molar-refractivity contribution >= 4 is 23.7 Å². The molecule has 0 saturated carbocycles. The molecule has 25 heavy (non-hydrogen) atoms. The van der Waals surface area contributed by atoms with E-state index in [-0.39, 0.29) is 12.4 Å². The molecule has 0 atom stereocenters. The molecule has 0 unspecified atom stereocenters. The van der Waals surface area contributed by atoms with Gasteiger partial charge in [-0.2, -0.15) is 5.10 Å². The van der Waals surface area contributed by atoms with Gasteiger partial charge in [0.1, 0.15) is 0 Å². The van der Waals surface area contributed by atoms with Crippen molar-refractivity contribution in [3.63, 3.8) is 0 Å². The van der Waals surface area contributed by atoms with E-state index in [4.69, 9.17) is 25.8 Å². The molecule has 0 aromatic heterocycles. The summed E-state index contributed by atoms with van der Waals surface area (Å²) in [4.78, 5) is 11.7. The number of methoxy groups -OCH3 is 2. The van der Waals surface area contributed by atoms with E-state index in [9.17, 15) is 9.18 Å². The number of para-hydroxylation sites is 1. The summed E-state index contributed by atoms with van der Waals surface area (Å²) in [6.07, 6.45) is 1.38. The van der Waals surface area contributed by atoms with Crippen LogP contribution >= 0.6 is 11.6 Å². The summed E-state index contributed by atoms with van der Waals surface area (Å²) in [5, 5.41) is 4.14. The van der Waals surface area contributed by atoms with Crippen molar-refractivity contribution in [2.45, 2.75) is 0 Å². The highest BCUT2D eigenvalue weighted by Gasteiger charge is 2.10. The van der Waals surface area contributed by atoms with Crippen molar-refractivity contribution in [1.29, 1.82) is 0 Å². The lowest BCUT2D eigenvalue weighted by Crippen LogP contribution is -2.24. The maximum Gasteiger partial charge on any atom is 0.277 e. The minimum absolute atomic E-state index is 0.00620. The summed E-state index contributed by atoms with van der Waals surface area (Å²) in [5.74, 6) is -0.243. The molecule has 0 heterocycles. The number of carbonyl (C=O) groups excluding carboxylic acids is 1. The predicted molar refractivity (Wildman–Crippen MR) is 92.2 cm³/mol. The van der Waals surface area contributed by atoms with Crippen LogP contribution in [0.4, 0.5) is 4.39 Å². The molecule has 1 N–H and O–H groups in total. The Bertz CT molecular complexity index is 783. The summed E-state index contributed by atoms with van der Waals surface area (Å²) in [6.45, 7) is -0.370. The zero-order valence-corrected chi connectivity index (χ0v) is 14.3. The van der Waals surface area contributed by atoms with Crippen LogP contribution in [0.15, 0.2) is 41.5 Å². The Labute approximate surface area is 149 Å². The van der Waals surface area contributed by atoms with Crippen molar-refractivity contribution in [2.75, 3.05) is 20.8 Å². The molecule has 2 aromatic rings. The lowest BCUT2D eigenvalue weighted by atomic mass is 10.2. The Kier molecular flexibility index (Phi) is 6.59. The molecule has 0 aliphatic carbocycles. The first-order valence-corrected chi connectivity index (χ1v) is 7.53. The van der Waals surface area contributed by atoms with Gasteiger partial charge in [0.15, 0.2) is 29.7 Å². The molecular weight excluding hydrogens is 351 g/mol. The smallest absolute Gasteiger partial charge is 0.277 e. The Morgan fingerprint density at radius 1 is 1.24 bits per heavy atom. The molecule has 0 saturated heterocycles. The molecule has 8 heteroatoms. The molecule has 132 valence electrons. The van der Waals surface area contributed by atoms with Crippen molar-refractivity contribution in [1.82, 2.24) is 5.43 Å². The normalized spacial score (nSPS) is 10.6. The molecule has 0 bridgehead atoms. The Morgan fingerprint density at radius 2 is 2.00 bits per heavy atom. The Hall–Kier alpha value is -2.80. The minimum atomic E-state index is -0.543. The number of nitrogens with one attached hydrogen (secondary N) is 1. The third-order valence-electron chi connectivity index (χ3n) is 3.05. The fourth-order valence-electron chi connectivity index (χ4n) is 1.93. The van der Waals surface area contributed by atoms with Crippen molar-refractivity contribution in [2.24, 2.45) is 5.10 Å². The lowest BCUT2D eigenvalue weighted by molar-refractivity contribution is -0.123. The predicted octanol–water partition coefficient (Wildman–Crippen LogP) is 3.03. The van der Waals surface area contributed by atoms with Gasteiger partial charge in [0.25, 0.3) is 5.91 Å². The van der Waals surface area contributed by atoms with Crippen LogP contribution in [0.3, 0.4) is 0 Å². The Morgan fingerprint density at radius 3 is 2.68 bits per heavy atom. The lowest BCUT2D eigenvalue weighted by Gasteiger charge is -2.10. The standard InChI is InChI=1S/C17H16ClFN2O4/c1-23-15-8-11(7-12(18)17(15)24-2)9-20-21-16(22)10-25-14-6-4-3-5-13(14)19/h3-9H,10H2,1-2H3,(H,21,22)/b20-9-. The second-order valence-corrected chi connectivity index (χ2v) is 5.16. The van der Waals surface area contributed by atoms with Crippen LogP contribution < -0.4 is 19.6 Å². The van der Waals surface area contributed by atoms with Crippen LogP contribution in [0.25, 0.3) is 0 Å². The van der Waals surface area contributed by atoms with Crippen molar-refractivity contribution in [3.05, 3.63) is 52.8 Å². The minimum Gasteiger partial charge on any atom is -0.493 e. The van der Waals surface area contributed by atoms with E-state index in [2.05, 4.69) is 10.5 Å². The van der Waals surface area contributed by atoms with Crippen LogP contribution in [0, 0.1) is 5.82 Å². The molecule has 0 aliphatic rings. The third-order valence-corrected chi connectivity index (χ3v) is 3.33. The second kappa shape index (κ2) is 8.89. The van der Waals surface area contributed by atoms with Crippen LogP contribution in [-0.2, 0) is 4.79 Å². The van der Waals surface area contributed by atoms with E-state index in [1.807, 2.05) is 0 Å². The summed E-state index contributed by atoms with van der Waals surface area (Å²) >= 11 is 6.08. The van der Waals surface area contributed by atoms with Crippen LogP contribution in [0.2, 0.25) is 5.02 Å². The average molecular weight is 367 g/mol. The molecule has 0 radical (unpaired) electrons. The van der Waals surface area contributed by atoms with Gasteiger partial charge in [-0.15, -0.1) is 0 Å².